The number of nitrogens with zero attached hydrogens (tertiary/aromatic N) is 4. The standard InChI is InChI=1S/C23H33N5O5S/c1-2-31-18-5-7-19(8-6-18)33-13-9-24-21(29)17-34-23-26-25-22(27-10-14-30-15-11-27)28(23)16-20-4-3-12-32-20/h5-8,20H,2-4,9-17H2,1H3,(H,24,29). The molecule has 1 amide bonds. The molecule has 1 aromatic heterocycles. The molecule has 4 rings (SSSR count). The van der Waals surface area contributed by atoms with Gasteiger partial charge in [0.15, 0.2) is 5.16 Å². The Morgan fingerprint density at radius 2 is 1.91 bits per heavy atom. The Labute approximate surface area is 204 Å². The SMILES string of the molecule is CCOc1ccc(OCCNC(=O)CSc2nnc(N3CCOCC3)n2CC2CCCO2)cc1. The molecule has 10 nitrogen and oxygen atoms in total. The number of benzene rings is 1. The van der Waals surface area contributed by atoms with Crippen LogP contribution in [0, 0.1) is 0 Å². The summed E-state index contributed by atoms with van der Waals surface area (Å²) >= 11 is 1.39. The molecule has 1 unspecified atom stereocenters. The molecule has 3 heterocycles. The van der Waals surface area contributed by atoms with E-state index < -0.39 is 0 Å². The molecule has 0 saturated carbocycles. The van der Waals surface area contributed by atoms with Crippen LogP contribution in [0.2, 0.25) is 0 Å². The summed E-state index contributed by atoms with van der Waals surface area (Å²) in [4.78, 5) is 14.6. The Hall–Kier alpha value is -2.50. The molecular weight excluding hydrogens is 458 g/mol. The van der Waals surface area contributed by atoms with Crippen molar-refractivity contribution in [3.63, 3.8) is 0 Å². The number of nitrogens with one attached hydrogen (secondary N) is 1. The van der Waals surface area contributed by atoms with E-state index in [1.54, 1.807) is 0 Å². The third-order valence-corrected chi connectivity index (χ3v) is 6.53. The second kappa shape index (κ2) is 12.8. The van der Waals surface area contributed by atoms with Gasteiger partial charge >= 0.3 is 0 Å². The van der Waals surface area contributed by atoms with Crippen molar-refractivity contribution in [2.75, 3.05) is 63.3 Å². The number of rotatable bonds is 12. The summed E-state index contributed by atoms with van der Waals surface area (Å²) < 4.78 is 24.5. The average Bonchev–Trinajstić information content (AvgIpc) is 3.53. The van der Waals surface area contributed by atoms with E-state index in [4.69, 9.17) is 18.9 Å². The van der Waals surface area contributed by atoms with E-state index in [1.807, 2.05) is 31.2 Å². The molecule has 186 valence electrons. The number of morpholine rings is 1. The smallest absolute Gasteiger partial charge is 0.230 e. The van der Waals surface area contributed by atoms with Gasteiger partial charge in [0.25, 0.3) is 0 Å². The Bertz CT molecular complexity index is 898. The highest BCUT2D eigenvalue weighted by atomic mass is 32.2. The first-order valence-corrected chi connectivity index (χ1v) is 12.8. The van der Waals surface area contributed by atoms with E-state index in [0.717, 1.165) is 55.1 Å². The van der Waals surface area contributed by atoms with Crippen molar-refractivity contribution in [2.24, 2.45) is 0 Å². The Kier molecular flexibility index (Phi) is 9.28. The van der Waals surface area contributed by atoms with Crippen LogP contribution in [0.25, 0.3) is 0 Å². The number of carbonyl (C=O) groups excluding carboxylic acids is 1. The summed E-state index contributed by atoms with van der Waals surface area (Å²) in [6.45, 7) is 7.79. The zero-order valence-electron chi connectivity index (χ0n) is 19.6. The fourth-order valence-electron chi connectivity index (χ4n) is 3.88. The van der Waals surface area contributed by atoms with Gasteiger partial charge in [0.05, 0.1) is 44.8 Å². The van der Waals surface area contributed by atoms with E-state index in [0.29, 0.717) is 39.5 Å². The van der Waals surface area contributed by atoms with Gasteiger partial charge in [-0.3, -0.25) is 9.36 Å². The van der Waals surface area contributed by atoms with Gasteiger partial charge < -0.3 is 29.2 Å². The number of carbonyl (C=O) groups is 1. The first-order valence-electron chi connectivity index (χ1n) is 11.9. The molecule has 0 bridgehead atoms. The van der Waals surface area contributed by atoms with Crippen molar-refractivity contribution >= 4 is 23.6 Å². The molecule has 2 aliphatic heterocycles. The van der Waals surface area contributed by atoms with Crippen LogP contribution in [0.3, 0.4) is 0 Å². The van der Waals surface area contributed by atoms with Crippen molar-refractivity contribution in [1.82, 2.24) is 20.1 Å². The number of amides is 1. The van der Waals surface area contributed by atoms with Crippen LogP contribution in [0.1, 0.15) is 19.8 Å². The van der Waals surface area contributed by atoms with Gasteiger partial charge in [-0.25, -0.2) is 0 Å². The summed E-state index contributed by atoms with van der Waals surface area (Å²) in [6, 6.07) is 7.45. The van der Waals surface area contributed by atoms with Crippen molar-refractivity contribution in [2.45, 2.75) is 37.6 Å². The van der Waals surface area contributed by atoms with E-state index in [2.05, 4.69) is 25.0 Å². The molecule has 0 radical (unpaired) electrons. The summed E-state index contributed by atoms with van der Waals surface area (Å²) in [5, 5.41) is 12.5. The molecule has 1 atom stereocenters. The van der Waals surface area contributed by atoms with Gasteiger partial charge in [0, 0.05) is 19.7 Å². The molecule has 2 fully saturated rings. The number of hydrogen-bond donors (Lipinski definition) is 1. The van der Waals surface area contributed by atoms with Crippen LogP contribution < -0.4 is 19.7 Å². The van der Waals surface area contributed by atoms with Crippen molar-refractivity contribution in [1.29, 1.82) is 0 Å². The molecule has 34 heavy (non-hydrogen) atoms. The molecule has 2 aromatic rings. The van der Waals surface area contributed by atoms with Crippen molar-refractivity contribution in [3.05, 3.63) is 24.3 Å². The quantitative estimate of drug-likeness (QED) is 0.353. The van der Waals surface area contributed by atoms with Crippen LogP contribution in [-0.2, 0) is 20.8 Å². The fraction of sp³-hybridized carbons (Fsp3) is 0.609. The summed E-state index contributed by atoms with van der Waals surface area (Å²) in [7, 11) is 0. The maximum Gasteiger partial charge on any atom is 0.230 e. The predicted octanol–water partition coefficient (Wildman–Crippen LogP) is 1.98. The van der Waals surface area contributed by atoms with Crippen LogP contribution in [-0.4, -0.2) is 85.2 Å². The molecule has 1 aromatic carbocycles. The maximum absolute atomic E-state index is 12.4. The lowest BCUT2D eigenvalue weighted by Crippen LogP contribution is -2.38. The Morgan fingerprint density at radius 1 is 1.15 bits per heavy atom. The molecule has 0 aliphatic carbocycles. The summed E-state index contributed by atoms with van der Waals surface area (Å²) in [6.07, 6.45) is 2.26. The largest absolute Gasteiger partial charge is 0.494 e. The van der Waals surface area contributed by atoms with E-state index in [-0.39, 0.29) is 17.8 Å². The molecule has 2 saturated heterocycles. The van der Waals surface area contributed by atoms with E-state index in [1.165, 1.54) is 11.8 Å². The molecular formula is C23H33N5O5S. The normalized spacial score (nSPS) is 18.1. The maximum atomic E-state index is 12.4. The third-order valence-electron chi connectivity index (χ3n) is 5.56. The third kappa shape index (κ3) is 7.00. The van der Waals surface area contributed by atoms with Crippen LogP contribution >= 0.6 is 11.8 Å². The van der Waals surface area contributed by atoms with E-state index >= 15 is 0 Å². The minimum absolute atomic E-state index is 0.0696. The van der Waals surface area contributed by atoms with Crippen LogP contribution in [0.15, 0.2) is 29.4 Å². The number of ether oxygens (including phenoxy) is 4. The van der Waals surface area contributed by atoms with Crippen molar-refractivity contribution < 1.29 is 23.7 Å². The lowest BCUT2D eigenvalue weighted by molar-refractivity contribution is -0.118. The zero-order valence-corrected chi connectivity index (χ0v) is 20.4. The number of aromatic nitrogens is 3. The Morgan fingerprint density at radius 3 is 2.62 bits per heavy atom. The van der Waals surface area contributed by atoms with E-state index in [9.17, 15) is 4.79 Å². The first-order chi connectivity index (χ1) is 16.7. The monoisotopic (exact) mass is 491 g/mol. The fourth-order valence-corrected chi connectivity index (χ4v) is 4.65. The van der Waals surface area contributed by atoms with Crippen molar-refractivity contribution in [3.8, 4) is 11.5 Å². The van der Waals surface area contributed by atoms with Crippen LogP contribution in [0.5, 0.6) is 11.5 Å². The molecule has 11 heteroatoms. The highest BCUT2D eigenvalue weighted by molar-refractivity contribution is 7.99. The topological polar surface area (TPSA) is 100.0 Å². The average molecular weight is 492 g/mol. The minimum atomic E-state index is -0.0696. The molecule has 1 N–H and O–H groups in total. The first kappa shape index (κ1) is 24.6. The van der Waals surface area contributed by atoms with Gasteiger partial charge in [-0.05, 0) is 44.0 Å². The zero-order chi connectivity index (χ0) is 23.6. The second-order valence-electron chi connectivity index (χ2n) is 8.02. The lowest BCUT2D eigenvalue weighted by atomic mass is 10.2. The number of anilines is 1. The highest BCUT2D eigenvalue weighted by Gasteiger charge is 2.25. The van der Waals surface area contributed by atoms with Gasteiger partial charge in [-0.1, -0.05) is 11.8 Å². The Balaban J connectivity index is 1.24. The van der Waals surface area contributed by atoms with Gasteiger partial charge in [-0.2, -0.15) is 0 Å². The second-order valence-corrected chi connectivity index (χ2v) is 8.96. The highest BCUT2D eigenvalue weighted by Crippen LogP contribution is 2.25. The number of thioether (sulfide) groups is 1. The molecule has 2 aliphatic rings. The summed E-state index contributed by atoms with van der Waals surface area (Å²) in [5.41, 5.74) is 0. The van der Waals surface area contributed by atoms with Gasteiger partial charge in [-0.15, -0.1) is 10.2 Å². The minimum Gasteiger partial charge on any atom is -0.494 e. The van der Waals surface area contributed by atoms with Gasteiger partial charge in [0.2, 0.25) is 11.9 Å². The van der Waals surface area contributed by atoms with Gasteiger partial charge in [0.1, 0.15) is 18.1 Å². The summed E-state index contributed by atoms with van der Waals surface area (Å²) in [5.74, 6) is 2.56. The predicted molar refractivity (Wildman–Crippen MR) is 129 cm³/mol. The lowest BCUT2D eigenvalue weighted by Gasteiger charge is -2.28. The van der Waals surface area contributed by atoms with Crippen LogP contribution in [0.4, 0.5) is 5.95 Å². The number of hydrogen-bond acceptors (Lipinski definition) is 9. The molecule has 0 spiro atoms.